The van der Waals surface area contributed by atoms with Gasteiger partial charge in [-0.05, 0) is 57.8 Å². The molecule has 0 rings (SSSR count). The third-order valence-electron chi connectivity index (χ3n) is 7.95. The van der Waals surface area contributed by atoms with Gasteiger partial charge in [-0.1, -0.05) is 152 Å². The van der Waals surface area contributed by atoms with Crippen LogP contribution in [0, 0.1) is 0 Å². The minimum atomic E-state index is -4.28. The lowest BCUT2D eigenvalue weighted by molar-refractivity contribution is -0.154. The quantitative estimate of drug-likeness (QED) is 0.0281. The lowest BCUT2D eigenvalue weighted by Gasteiger charge is -2.20. The van der Waals surface area contributed by atoms with Crippen molar-refractivity contribution < 1.29 is 32.8 Å². The Morgan fingerprint density at radius 2 is 1.12 bits per heavy atom. The van der Waals surface area contributed by atoms with E-state index in [0.717, 1.165) is 70.6 Å². The third-order valence-corrected chi connectivity index (χ3v) is 8.93. The van der Waals surface area contributed by atoms with E-state index in [1.54, 1.807) is 0 Å². The van der Waals surface area contributed by atoms with Crippen molar-refractivity contribution >= 4 is 13.8 Å². The van der Waals surface area contributed by atoms with Crippen LogP contribution in [-0.4, -0.2) is 49.9 Å². The Morgan fingerprint density at radius 1 is 0.620 bits per heavy atom. The maximum Gasteiger partial charge on any atom is 0.472 e. The van der Waals surface area contributed by atoms with Crippen molar-refractivity contribution in [3.63, 3.8) is 0 Å². The second-order valence-corrected chi connectivity index (χ2v) is 14.2. The summed E-state index contributed by atoms with van der Waals surface area (Å²) in [4.78, 5) is 22.4. The largest absolute Gasteiger partial charge is 0.472 e. The van der Waals surface area contributed by atoms with Crippen molar-refractivity contribution in [2.75, 3.05) is 33.0 Å². The number of phosphoric acid groups is 1. The molecule has 290 valence electrons. The van der Waals surface area contributed by atoms with Crippen LogP contribution in [0.25, 0.3) is 0 Å². The summed E-state index contributed by atoms with van der Waals surface area (Å²) >= 11 is 0. The molecule has 0 amide bonds. The summed E-state index contributed by atoms with van der Waals surface area (Å²) < 4.78 is 33.3. The number of allylic oxidation sites excluding steroid dienone is 10. The second-order valence-electron chi connectivity index (χ2n) is 12.8. The van der Waals surface area contributed by atoms with Gasteiger partial charge in [0, 0.05) is 19.6 Å². The van der Waals surface area contributed by atoms with Crippen molar-refractivity contribution in [2.45, 2.75) is 161 Å². The first-order chi connectivity index (χ1) is 24.4. The normalized spacial score (nSPS) is 14.2. The Balaban J connectivity index is 4.16. The number of phosphoric ester groups is 1. The zero-order chi connectivity index (χ0) is 36.6. The molecular formula is C41H74NO7P. The molecule has 2 atom stereocenters. The molecular weight excluding hydrogens is 649 g/mol. The zero-order valence-electron chi connectivity index (χ0n) is 31.9. The smallest absolute Gasteiger partial charge is 0.457 e. The summed E-state index contributed by atoms with van der Waals surface area (Å²) in [5.41, 5.74) is 5.35. The van der Waals surface area contributed by atoms with Crippen LogP contribution in [0.1, 0.15) is 155 Å². The van der Waals surface area contributed by atoms with E-state index in [1.807, 2.05) is 0 Å². The number of esters is 1. The van der Waals surface area contributed by atoms with Gasteiger partial charge in [0.25, 0.3) is 0 Å². The Labute approximate surface area is 306 Å². The summed E-state index contributed by atoms with van der Waals surface area (Å²) in [5.74, 6) is -0.363. The fourth-order valence-corrected chi connectivity index (χ4v) is 5.85. The molecule has 8 nitrogen and oxygen atoms in total. The van der Waals surface area contributed by atoms with Gasteiger partial charge in [0.15, 0.2) is 0 Å². The fraction of sp³-hybridized carbons (Fsp3) is 0.732. The number of carbonyl (C=O) groups excluding carboxylic acids is 1. The van der Waals surface area contributed by atoms with Crippen molar-refractivity contribution in [3.8, 4) is 0 Å². The lowest BCUT2D eigenvalue weighted by Crippen LogP contribution is -2.28. The van der Waals surface area contributed by atoms with Gasteiger partial charge < -0.3 is 20.1 Å². The minimum Gasteiger partial charge on any atom is -0.457 e. The number of unbranched alkanes of at least 4 members (excludes halogenated alkanes) is 14. The lowest BCUT2D eigenvalue weighted by atomic mass is 10.1. The van der Waals surface area contributed by atoms with E-state index in [9.17, 15) is 14.3 Å². The molecule has 0 saturated carbocycles. The molecule has 0 fully saturated rings. The van der Waals surface area contributed by atoms with Gasteiger partial charge in [0.2, 0.25) is 0 Å². The first kappa shape index (κ1) is 48.2. The van der Waals surface area contributed by atoms with Crippen LogP contribution in [0.5, 0.6) is 0 Å². The highest BCUT2D eigenvalue weighted by Crippen LogP contribution is 2.43. The van der Waals surface area contributed by atoms with Crippen LogP contribution in [0.15, 0.2) is 60.8 Å². The number of nitrogens with two attached hydrogens (primary N) is 1. The van der Waals surface area contributed by atoms with Crippen molar-refractivity contribution in [2.24, 2.45) is 5.73 Å². The molecule has 0 aromatic carbocycles. The highest BCUT2D eigenvalue weighted by Gasteiger charge is 2.25. The van der Waals surface area contributed by atoms with Gasteiger partial charge in [-0.2, -0.15) is 0 Å². The Morgan fingerprint density at radius 3 is 1.66 bits per heavy atom. The molecule has 0 saturated heterocycles. The van der Waals surface area contributed by atoms with E-state index < -0.39 is 13.9 Å². The highest BCUT2D eigenvalue weighted by molar-refractivity contribution is 7.47. The molecule has 0 aromatic rings. The highest BCUT2D eigenvalue weighted by atomic mass is 31.2. The molecule has 0 aromatic heterocycles. The average Bonchev–Trinajstić information content (AvgIpc) is 3.10. The maximum absolute atomic E-state index is 12.5. The third kappa shape index (κ3) is 37.5. The number of carbonyl (C=O) groups is 1. The molecule has 0 bridgehead atoms. The van der Waals surface area contributed by atoms with Gasteiger partial charge in [-0.15, -0.1) is 0 Å². The monoisotopic (exact) mass is 724 g/mol. The van der Waals surface area contributed by atoms with Crippen molar-refractivity contribution in [1.82, 2.24) is 0 Å². The predicted octanol–water partition coefficient (Wildman–Crippen LogP) is 11.4. The van der Waals surface area contributed by atoms with Crippen LogP contribution in [0.3, 0.4) is 0 Å². The van der Waals surface area contributed by atoms with Gasteiger partial charge in [0.1, 0.15) is 6.10 Å². The van der Waals surface area contributed by atoms with E-state index >= 15 is 0 Å². The Kier molecular flexibility index (Phi) is 37.0. The maximum atomic E-state index is 12.5. The van der Waals surface area contributed by atoms with E-state index in [4.69, 9.17) is 24.3 Å². The summed E-state index contributed by atoms with van der Waals surface area (Å²) in [6, 6.07) is 0. The van der Waals surface area contributed by atoms with Gasteiger partial charge in [-0.25, -0.2) is 4.57 Å². The van der Waals surface area contributed by atoms with Crippen LogP contribution in [0.4, 0.5) is 0 Å². The first-order valence-corrected chi connectivity index (χ1v) is 21.3. The molecule has 2 unspecified atom stereocenters. The first-order valence-electron chi connectivity index (χ1n) is 19.8. The molecule has 0 aliphatic carbocycles. The van der Waals surface area contributed by atoms with Crippen LogP contribution in [-0.2, 0) is 27.9 Å². The van der Waals surface area contributed by atoms with Crippen molar-refractivity contribution in [1.29, 1.82) is 0 Å². The zero-order valence-corrected chi connectivity index (χ0v) is 32.8. The molecule has 0 spiro atoms. The summed E-state index contributed by atoms with van der Waals surface area (Å²) in [7, 11) is -4.28. The topological polar surface area (TPSA) is 117 Å². The molecule has 50 heavy (non-hydrogen) atoms. The van der Waals surface area contributed by atoms with Crippen LogP contribution < -0.4 is 5.73 Å². The Hall–Kier alpha value is -1.80. The molecule has 0 aliphatic heterocycles. The number of rotatable bonds is 37. The second kappa shape index (κ2) is 38.4. The standard InChI is InChI=1S/C41H74NO7P/c1-3-5-7-9-11-13-15-17-18-19-20-21-22-23-24-26-28-30-32-34-41(43)49-40(39-48-50(44,45)47-37-35-42)38-46-36-33-31-29-27-25-16-14-12-10-8-6-4-2/h5,7,11,13,17-18,20-21,23-24,40H,3-4,6,8-10,12,14-16,19,22,25-39,42H2,1-2H3,(H,44,45)/b7-5-,13-11-,18-17-,21-20-,24-23-. The molecule has 0 radical (unpaired) electrons. The molecule has 9 heteroatoms. The molecule has 0 aliphatic rings. The predicted molar refractivity (Wildman–Crippen MR) is 210 cm³/mol. The van der Waals surface area contributed by atoms with Crippen molar-refractivity contribution in [3.05, 3.63) is 60.8 Å². The van der Waals surface area contributed by atoms with E-state index in [2.05, 4.69) is 74.6 Å². The van der Waals surface area contributed by atoms with Gasteiger partial charge >= 0.3 is 13.8 Å². The average molecular weight is 724 g/mol. The summed E-state index contributed by atoms with van der Waals surface area (Å²) in [6.07, 6.45) is 45.2. The fourth-order valence-electron chi connectivity index (χ4n) is 5.08. The number of hydrogen-bond donors (Lipinski definition) is 2. The Bertz CT molecular complexity index is 947. The van der Waals surface area contributed by atoms with E-state index in [-0.39, 0.29) is 38.8 Å². The summed E-state index contributed by atoms with van der Waals surface area (Å²) in [5, 5.41) is 0. The number of hydrogen-bond acceptors (Lipinski definition) is 7. The molecule has 0 heterocycles. The van der Waals surface area contributed by atoms with Crippen LogP contribution in [0.2, 0.25) is 0 Å². The van der Waals surface area contributed by atoms with Crippen LogP contribution >= 0.6 is 7.82 Å². The minimum absolute atomic E-state index is 0.0928. The SMILES string of the molecule is CC/C=C\C/C=C\C/C=C\C/C=C\C/C=C\CCCCCC(=O)OC(COCCCCCCCCCCCCCC)COP(=O)(O)OCCN. The van der Waals surface area contributed by atoms with Gasteiger partial charge in [0.05, 0.1) is 19.8 Å². The van der Waals surface area contributed by atoms with Gasteiger partial charge in [-0.3, -0.25) is 13.8 Å². The number of ether oxygens (including phenoxy) is 2. The summed E-state index contributed by atoms with van der Waals surface area (Å²) in [6.45, 7) is 4.75. The molecule has 3 N–H and O–H groups in total. The van der Waals surface area contributed by atoms with E-state index in [1.165, 1.54) is 64.2 Å². The van der Waals surface area contributed by atoms with E-state index in [0.29, 0.717) is 6.61 Å².